The average molecular weight is 360 g/mol. The predicted molar refractivity (Wildman–Crippen MR) is 105 cm³/mol. The number of piperazine rings is 1. The monoisotopic (exact) mass is 359 g/mol. The highest BCUT2D eigenvalue weighted by molar-refractivity contribution is 5.77. The fourth-order valence-electron chi connectivity index (χ4n) is 4.00. The van der Waals surface area contributed by atoms with Crippen molar-refractivity contribution < 1.29 is 9.53 Å². The smallest absolute Gasteiger partial charge is 0.257 e. The largest absolute Gasteiger partial charge is 0.484 e. The van der Waals surface area contributed by atoms with Gasteiger partial charge in [0, 0.05) is 38.8 Å². The number of fused-ring (bicyclic) bond motifs is 1. The molecule has 1 N–H and O–H groups in total. The summed E-state index contributed by atoms with van der Waals surface area (Å²) >= 11 is 0. The Labute approximate surface area is 157 Å². The minimum Gasteiger partial charge on any atom is -0.484 e. The molecule has 1 amide bonds. The van der Waals surface area contributed by atoms with Crippen LogP contribution in [0.15, 0.2) is 18.2 Å². The van der Waals surface area contributed by atoms with E-state index in [-0.39, 0.29) is 12.5 Å². The van der Waals surface area contributed by atoms with Gasteiger partial charge in [0.25, 0.3) is 5.91 Å². The maximum atomic E-state index is 12.2. The van der Waals surface area contributed by atoms with E-state index in [0.717, 1.165) is 38.3 Å². The van der Waals surface area contributed by atoms with Gasteiger partial charge in [-0.25, -0.2) is 0 Å². The van der Waals surface area contributed by atoms with Crippen molar-refractivity contribution in [3.05, 3.63) is 29.3 Å². The normalized spacial score (nSPS) is 19.4. The highest BCUT2D eigenvalue weighted by Crippen LogP contribution is 2.25. The number of hydrogen-bond acceptors (Lipinski definition) is 4. The molecule has 0 radical (unpaired) electrons. The number of carbonyl (C=O) groups is 1. The zero-order chi connectivity index (χ0) is 18.5. The van der Waals surface area contributed by atoms with Crippen LogP contribution in [0.1, 0.15) is 31.4 Å². The topological polar surface area (TPSA) is 44.8 Å². The van der Waals surface area contributed by atoms with Crippen LogP contribution in [0, 0.1) is 5.92 Å². The molecule has 2 aliphatic rings. The van der Waals surface area contributed by atoms with E-state index < -0.39 is 0 Å². The first-order valence-corrected chi connectivity index (χ1v) is 9.97. The van der Waals surface area contributed by atoms with Crippen LogP contribution in [0.4, 0.5) is 0 Å². The van der Waals surface area contributed by atoms with Crippen molar-refractivity contribution in [2.24, 2.45) is 5.92 Å². The van der Waals surface area contributed by atoms with Crippen LogP contribution in [-0.2, 0) is 17.6 Å². The fraction of sp³-hybridized carbons (Fsp3) is 0.667. The van der Waals surface area contributed by atoms with Gasteiger partial charge in [0.05, 0.1) is 0 Å². The molecule has 0 bridgehead atoms. The molecule has 0 spiro atoms. The van der Waals surface area contributed by atoms with Gasteiger partial charge in [-0.3, -0.25) is 9.69 Å². The Balaban J connectivity index is 1.44. The standard InChI is InChI=1S/C21H33N3O2/c1-16(2)20(24-11-9-23(3)10-12-24)14-22-21(25)15-26-19-8-7-17-5-4-6-18(17)13-19/h7-8,13,16,20H,4-6,9-12,14-15H2,1-3H3,(H,22,25). The molecule has 1 fully saturated rings. The van der Waals surface area contributed by atoms with E-state index in [1.165, 1.54) is 24.0 Å². The lowest BCUT2D eigenvalue weighted by atomic mass is 10.0. The number of carbonyl (C=O) groups excluding carboxylic acids is 1. The van der Waals surface area contributed by atoms with Crippen molar-refractivity contribution in [1.29, 1.82) is 0 Å². The van der Waals surface area contributed by atoms with Gasteiger partial charge in [0.15, 0.2) is 6.61 Å². The Morgan fingerprint density at radius 3 is 2.62 bits per heavy atom. The Morgan fingerprint density at radius 2 is 1.88 bits per heavy atom. The highest BCUT2D eigenvalue weighted by atomic mass is 16.5. The van der Waals surface area contributed by atoms with E-state index in [2.05, 4.69) is 48.1 Å². The van der Waals surface area contributed by atoms with Crippen LogP contribution >= 0.6 is 0 Å². The van der Waals surface area contributed by atoms with Crippen LogP contribution in [0.3, 0.4) is 0 Å². The van der Waals surface area contributed by atoms with Gasteiger partial charge in [-0.1, -0.05) is 19.9 Å². The first kappa shape index (κ1) is 19.2. The first-order valence-electron chi connectivity index (χ1n) is 9.97. The molecule has 0 saturated carbocycles. The SMILES string of the molecule is CC(C)C(CNC(=O)COc1ccc2c(c1)CCC2)N1CCN(C)CC1. The molecule has 1 heterocycles. The van der Waals surface area contributed by atoms with Gasteiger partial charge in [-0.05, 0) is 55.5 Å². The second-order valence-electron chi connectivity index (χ2n) is 8.03. The van der Waals surface area contributed by atoms with Gasteiger partial charge >= 0.3 is 0 Å². The summed E-state index contributed by atoms with van der Waals surface area (Å²) in [6.07, 6.45) is 3.51. The molecular formula is C21H33N3O2. The Bertz CT molecular complexity index is 609. The summed E-state index contributed by atoms with van der Waals surface area (Å²) in [5, 5.41) is 3.08. The maximum Gasteiger partial charge on any atom is 0.257 e. The van der Waals surface area contributed by atoms with E-state index in [9.17, 15) is 4.79 Å². The zero-order valence-electron chi connectivity index (χ0n) is 16.5. The summed E-state index contributed by atoms with van der Waals surface area (Å²) in [6, 6.07) is 6.60. The second kappa shape index (κ2) is 8.87. The van der Waals surface area contributed by atoms with Gasteiger partial charge in [-0.15, -0.1) is 0 Å². The molecule has 1 aliphatic carbocycles. The quantitative estimate of drug-likeness (QED) is 0.808. The number of amides is 1. The van der Waals surface area contributed by atoms with Gasteiger partial charge < -0.3 is 15.0 Å². The van der Waals surface area contributed by atoms with Gasteiger partial charge in [0.2, 0.25) is 0 Å². The van der Waals surface area contributed by atoms with E-state index in [1.54, 1.807) is 0 Å². The van der Waals surface area contributed by atoms with Crippen molar-refractivity contribution >= 4 is 5.91 Å². The summed E-state index contributed by atoms with van der Waals surface area (Å²) < 4.78 is 5.71. The Kier molecular flexibility index (Phi) is 6.54. The lowest BCUT2D eigenvalue weighted by molar-refractivity contribution is -0.123. The van der Waals surface area contributed by atoms with Crippen LogP contribution in [0.2, 0.25) is 0 Å². The molecule has 0 aromatic heterocycles. The van der Waals surface area contributed by atoms with Crippen LogP contribution in [0.25, 0.3) is 0 Å². The molecule has 1 aliphatic heterocycles. The van der Waals surface area contributed by atoms with Crippen molar-refractivity contribution in [3.63, 3.8) is 0 Å². The van der Waals surface area contributed by atoms with E-state index in [4.69, 9.17) is 4.74 Å². The number of aryl methyl sites for hydroxylation is 2. The lowest BCUT2D eigenvalue weighted by Gasteiger charge is -2.39. The summed E-state index contributed by atoms with van der Waals surface area (Å²) in [4.78, 5) is 17.1. The summed E-state index contributed by atoms with van der Waals surface area (Å²) in [5.74, 6) is 1.28. The fourth-order valence-corrected chi connectivity index (χ4v) is 4.00. The Morgan fingerprint density at radius 1 is 1.15 bits per heavy atom. The van der Waals surface area contributed by atoms with E-state index >= 15 is 0 Å². The van der Waals surface area contributed by atoms with Crippen molar-refractivity contribution in [2.75, 3.05) is 46.4 Å². The van der Waals surface area contributed by atoms with Crippen molar-refractivity contribution in [2.45, 2.75) is 39.2 Å². The highest BCUT2D eigenvalue weighted by Gasteiger charge is 2.25. The maximum absolute atomic E-state index is 12.2. The van der Waals surface area contributed by atoms with Crippen LogP contribution in [0.5, 0.6) is 5.75 Å². The van der Waals surface area contributed by atoms with Gasteiger partial charge in [-0.2, -0.15) is 0 Å². The number of nitrogens with one attached hydrogen (secondary N) is 1. The third-order valence-electron chi connectivity index (χ3n) is 5.72. The second-order valence-corrected chi connectivity index (χ2v) is 8.03. The minimum atomic E-state index is -0.0368. The molecule has 1 aromatic rings. The molecular weight excluding hydrogens is 326 g/mol. The molecule has 5 heteroatoms. The van der Waals surface area contributed by atoms with Crippen LogP contribution in [-0.4, -0.2) is 68.1 Å². The zero-order valence-corrected chi connectivity index (χ0v) is 16.5. The molecule has 1 saturated heterocycles. The third-order valence-corrected chi connectivity index (χ3v) is 5.72. The molecule has 1 atom stereocenters. The van der Waals surface area contributed by atoms with E-state index in [1.807, 2.05) is 6.07 Å². The molecule has 3 rings (SSSR count). The molecule has 144 valence electrons. The third kappa shape index (κ3) is 4.98. The first-order chi connectivity index (χ1) is 12.5. The van der Waals surface area contributed by atoms with Crippen LogP contribution < -0.4 is 10.1 Å². The number of nitrogens with zero attached hydrogens (tertiary/aromatic N) is 2. The number of likely N-dealkylation sites (N-methyl/N-ethyl adjacent to an activating group) is 1. The number of rotatable bonds is 7. The van der Waals surface area contributed by atoms with Gasteiger partial charge in [0.1, 0.15) is 5.75 Å². The molecule has 5 nitrogen and oxygen atoms in total. The van der Waals surface area contributed by atoms with Crippen molar-refractivity contribution in [3.8, 4) is 5.75 Å². The summed E-state index contributed by atoms with van der Waals surface area (Å²) in [5.41, 5.74) is 2.80. The Hall–Kier alpha value is -1.59. The molecule has 26 heavy (non-hydrogen) atoms. The number of hydrogen-bond donors (Lipinski definition) is 1. The summed E-state index contributed by atoms with van der Waals surface area (Å²) in [7, 11) is 2.17. The minimum absolute atomic E-state index is 0.0368. The average Bonchev–Trinajstić information content (AvgIpc) is 3.09. The molecule has 1 unspecified atom stereocenters. The predicted octanol–water partition coefficient (Wildman–Crippen LogP) is 1.94. The van der Waals surface area contributed by atoms with Crippen molar-refractivity contribution in [1.82, 2.24) is 15.1 Å². The number of ether oxygens (including phenoxy) is 1. The molecule has 1 aromatic carbocycles. The van der Waals surface area contributed by atoms with E-state index in [0.29, 0.717) is 18.5 Å². The number of benzene rings is 1. The summed E-state index contributed by atoms with van der Waals surface area (Å²) in [6.45, 7) is 9.57. The lowest BCUT2D eigenvalue weighted by Crippen LogP contribution is -2.54.